The van der Waals surface area contributed by atoms with Crippen molar-refractivity contribution < 1.29 is 9.59 Å². The van der Waals surface area contributed by atoms with E-state index in [1.54, 1.807) is 35.6 Å². The number of hydrogen-bond acceptors (Lipinski definition) is 6. The van der Waals surface area contributed by atoms with E-state index in [9.17, 15) is 9.59 Å². The Hall–Kier alpha value is -2.48. The lowest BCUT2D eigenvalue weighted by molar-refractivity contribution is -0.114. The quantitative estimate of drug-likeness (QED) is 0.885. The van der Waals surface area contributed by atoms with Gasteiger partial charge in [-0.25, -0.2) is 0 Å². The van der Waals surface area contributed by atoms with Crippen LogP contribution < -0.4 is 15.5 Å². The molecule has 1 aromatic carbocycles. The minimum Gasteiger partial charge on any atom is -0.346 e. The fraction of sp³-hybridized carbons (Fsp3) is 0.333. The predicted octanol–water partition coefficient (Wildman–Crippen LogP) is 1.42. The zero-order valence-electron chi connectivity index (χ0n) is 12.9. The molecule has 2 N–H and O–H groups in total. The van der Waals surface area contributed by atoms with Gasteiger partial charge in [0.05, 0.1) is 6.04 Å². The van der Waals surface area contributed by atoms with Crippen molar-refractivity contribution in [3.8, 4) is 0 Å². The number of carbonyl (C=O) groups is 2. The topological polar surface area (TPSA) is 87.2 Å². The molecule has 2 aromatic rings. The van der Waals surface area contributed by atoms with E-state index in [1.165, 1.54) is 6.92 Å². The summed E-state index contributed by atoms with van der Waals surface area (Å²) in [5.41, 5.74) is 1.25. The molecule has 8 heteroatoms. The highest BCUT2D eigenvalue weighted by Gasteiger charge is 2.30. The second kappa shape index (κ2) is 6.33. The van der Waals surface area contributed by atoms with Gasteiger partial charge in [-0.05, 0) is 31.2 Å². The highest BCUT2D eigenvalue weighted by atomic mass is 32.1. The highest BCUT2D eigenvalue weighted by Crippen LogP contribution is 2.24. The molecule has 0 saturated carbocycles. The Morgan fingerprint density at radius 1 is 1.22 bits per heavy atom. The zero-order chi connectivity index (χ0) is 16.4. The van der Waals surface area contributed by atoms with Gasteiger partial charge in [0, 0.05) is 31.3 Å². The summed E-state index contributed by atoms with van der Waals surface area (Å²) in [6, 6.07) is 6.94. The van der Waals surface area contributed by atoms with Gasteiger partial charge in [0.2, 0.25) is 11.0 Å². The van der Waals surface area contributed by atoms with Crippen LogP contribution in [0.2, 0.25) is 0 Å². The van der Waals surface area contributed by atoms with Crippen LogP contribution in [0.1, 0.15) is 22.3 Å². The number of rotatable bonds is 4. The molecular formula is C15H17N5O2S. The van der Waals surface area contributed by atoms with E-state index in [1.807, 2.05) is 6.92 Å². The van der Waals surface area contributed by atoms with Gasteiger partial charge in [0.15, 0.2) is 0 Å². The first-order valence-corrected chi connectivity index (χ1v) is 8.06. The van der Waals surface area contributed by atoms with Gasteiger partial charge < -0.3 is 15.5 Å². The van der Waals surface area contributed by atoms with Crippen LogP contribution in [-0.4, -0.2) is 41.1 Å². The van der Waals surface area contributed by atoms with E-state index in [4.69, 9.17) is 0 Å². The van der Waals surface area contributed by atoms with Gasteiger partial charge >= 0.3 is 0 Å². The monoisotopic (exact) mass is 331 g/mol. The van der Waals surface area contributed by atoms with Crippen molar-refractivity contribution >= 4 is 34.0 Å². The maximum absolute atomic E-state index is 12.2. The van der Waals surface area contributed by atoms with Crippen molar-refractivity contribution in [1.82, 2.24) is 15.5 Å². The van der Waals surface area contributed by atoms with Crippen LogP contribution in [0, 0.1) is 6.92 Å². The molecule has 0 bridgehead atoms. The van der Waals surface area contributed by atoms with Crippen molar-refractivity contribution in [2.75, 3.05) is 23.3 Å². The van der Waals surface area contributed by atoms with Crippen LogP contribution in [0.25, 0.3) is 0 Å². The summed E-state index contributed by atoms with van der Waals surface area (Å²) in [7, 11) is 0. The number of benzene rings is 1. The smallest absolute Gasteiger partial charge is 0.251 e. The SMILES string of the molecule is CC(=O)Nc1ccc(C(=O)NC2CN(c3nnc(C)s3)C2)cc1. The fourth-order valence-electron chi connectivity index (χ4n) is 2.32. The molecule has 1 aliphatic rings. The first-order chi connectivity index (χ1) is 11.0. The van der Waals surface area contributed by atoms with E-state index < -0.39 is 0 Å². The molecule has 0 radical (unpaired) electrons. The van der Waals surface area contributed by atoms with E-state index in [0.29, 0.717) is 11.3 Å². The average Bonchev–Trinajstić information content (AvgIpc) is 2.88. The lowest BCUT2D eigenvalue weighted by Crippen LogP contribution is -2.59. The summed E-state index contributed by atoms with van der Waals surface area (Å²) in [6.45, 7) is 4.85. The summed E-state index contributed by atoms with van der Waals surface area (Å²) < 4.78 is 0. The van der Waals surface area contributed by atoms with E-state index in [-0.39, 0.29) is 17.9 Å². The Bertz CT molecular complexity index is 722. The van der Waals surface area contributed by atoms with Crippen LogP contribution in [0.5, 0.6) is 0 Å². The van der Waals surface area contributed by atoms with Crippen LogP contribution in [-0.2, 0) is 4.79 Å². The maximum Gasteiger partial charge on any atom is 0.251 e. The number of nitrogens with zero attached hydrogens (tertiary/aromatic N) is 3. The summed E-state index contributed by atoms with van der Waals surface area (Å²) in [5, 5.41) is 15.6. The van der Waals surface area contributed by atoms with Crippen molar-refractivity contribution in [3.05, 3.63) is 34.8 Å². The van der Waals surface area contributed by atoms with Crippen LogP contribution in [0.4, 0.5) is 10.8 Å². The van der Waals surface area contributed by atoms with Crippen LogP contribution >= 0.6 is 11.3 Å². The van der Waals surface area contributed by atoms with Crippen molar-refractivity contribution in [2.45, 2.75) is 19.9 Å². The van der Waals surface area contributed by atoms with Gasteiger partial charge in [-0.15, -0.1) is 10.2 Å². The third-order valence-electron chi connectivity index (χ3n) is 3.47. The molecule has 23 heavy (non-hydrogen) atoms. The minimum absolute atomic E-state index is 0.113. The molecule has 2 heterocycles. The summed E-state index contributed by atoms with van der Waals surface area (Å²) in [6.07, 6.45) is 0. The molecule has 0 aliphatic carbocycles. The number of hydrogen-bond donors (Lipinski definition) is 2. The largest absolute Gasteiger partial charge is 0.346 e. The Morgan fingerprint density at radius 3 is 2.48 bits per heavy atom. The Morgan fingerprint density at radius 2 is 1.91 bits per heavy atom. The van der Waals surface area contributed by atoms with Gasteiger partial charge in [0.25, 0.3) is 5.91 Å². The van der Waals surface area contributed by atoms with E-state index in [0.717, 1.165) is 23.2 Å². The van der Waals surface area contributed by atoms with Gasteiger partial charge in [-0.1, -0.05) is 11.3 Å². The van der Waals surface area contributed by atoms with Gasteiger partial charge in [-0.3, -0.25) is 9.59 Å². The summed E-state index contributed by atoms with van der Waals surface area (Å²) in [5.74, 6) is -0.249. The Balaban J connectivity index is 1.51. The fourth-order valence-corrected chi connectivity index (χ4v) is 3.02. The summed E-state index contributed by atoms with van der Waals surface area (Å²) in [4.78, 5) is 25.2. The lowest BCUT2D eigenvalue weighted by Gasteiger charge is -2.39. The van der Waals surface area contributed by atoms with Gasteiger partial charge in [-0.2, -0.15) is 0 Å². The number of nitrogens with one attached hydrogen (secondary N) is 2. The van der Waals surface area contributed by atoms with Crippen molar-refractivity contribution in [2.24, 2.45) is 0 Å². The third-order valence-corrected chi connectivity index (χ3v) is 4.37. The first kappa shape index (κ1) is 15.4. The first-order valence-electron chi connectivity index (χ1n) is 7.25. The average molecular weight is 331 g/mol. The highest BCUT2D eigenvalue weighted by molar-refractivity contribution is 7.15. The minimum atomic E-state index is -0.135. The third kappa shape index (κ3) is 3.65. The molecule has 0 spiro atoms. The summed E-state index contributed by atoms with van der Waals surface area (Å²) >= 11 is 1.55. The Kier molecular flexibility index (Phi) is 4.24. The molecule has 7 nitrogen and oxygen atoms in total. The van der Waals surface area contributed by atoms with E-state index >= 15 is 0 Å². The molecule has 2 amide bonds. The number of anilines is 2. The molecule has 1 fully saturated rings. The van der Waals surface area contributed by atoms with Crippen molar-refractivity contribution in [3.63, 3.8) is 0 Å². The number of aryl methyl sites for hydroxylation is 1. The second-order valence-electron chi connectivity index (χ2n) is 5.44. The lowest BCUT2D eigenvalue weighted by atomic mass is 10.1. The Labute approximate surface area is 137 Å². The second-order valence-corrected chi connectivity index (χ2v) is 6.60. The van der Waals surface area contributed by atoms with Crippen molar-refractivity contribution in [1.29, 1.82) is 0 Å². The molecule has 0 unspecified atom stereocenters. The number of aromatic nitrogens is 2. The molecule has 1 aliphatic heterocycles. The van der Waals surface area contributed by atoms with E-state index in [2.05, 4.69) is 25.7 Å². The molecule has 1 aromatic heterocycles. The molecule has 0 atom stereocenters. The molecule has 3 rings (SSSR count). The normalized spacial score (nSPS) is 14.3. The molecule has 120 valence electrons. The van der Waals surface area contributed by atoms with Crippen LogP contribution in [0.15, 0.2) is 24.3 Å². The maximum atomic E-state index is 12.2. The molecular weight excluding hydrogens is 314 g/mol. The molecule has 1 saturated heterocycles. The number of amides is 2. The van der Waals surface area contributed by atoms with Crippen LogP contribution in [0.3, 0.4) is 0 Å². The predicted molar refractivity (Wildman–Crippen MR) is 88.9 cm³/mol. The zero-order valence-corrected chi connectivity index (χ0v) is 13.7. The standard InChI is InChI=1S/C15H17N5O2S/c1-9(21)16-12-5-3-11(4-6-12)14(22)17-13-7-20(8-13)15-19-18-10(2)23-15/h3-6,13H,7-8H2,1-2H3,(H,16,21)(H,17,22). The van der Waals surface area contributed by atoms with Gasteiger partial charge in [0.1, 0.15) is 5.01 Å². The number of carbonyl (C=O) groups excluding carboxylic acids is 2.